The molecule has 3 N–H and O–H groups in total. The molecular formula is C22H32N8O3. The van der Waals surface area contributed by atoms with Crippen molar-refractivity contribution in [1.82, 2.24) is 34.6 Å². The number of nitrogens with one attached hydrogen (secondary N) is 2. The van der Waals surface area contributed by atoms with E-state index in [0.717, 1.165) is 38.0 Å². The lowest BCUT2D eigenvalue weighted by atomic mass is 10.1. The van der Waals surface area contributed by atoms with Gasteiger partial charge in [-0.15, -0.1) is 0 Å². The quantitative estimate of drug-likeness (QED) is 0.522. The van der Waals surface area contributed by atoms with E-state index >= 15 is 0 Å². The minimum atomic E-state index is -0.686. The van der Waals surface area contributed by atoms with E-state index in [9.17, 15) is 14.7 Å². The van der Waals surface area contributed by atoms with E-state index < -0.39 is 6.10 Å². The van der Waals surface area contributed by atoms with Crippen molar-refractivity contribution in [3.05, 3.63) is 35.8 Å². The first-order valence-corrected chi connectivity index (χ1v) is 11.4. The number of fused-ring (bicyclic) bond motifs is 1. The van der Waals surface area contributed by atoms with Crippen LogP contribution < -0.4 is 10.6 Å². The van der Waals surface area contributed by atoms with Crippen LogP contribution >= 0.6 is 0 Å². The van der Waals surface area contributed by atoms with Crippen LogP contribution in [0.4, 0.5) is 5.82 Å². The SMILES string of the molecule is CC(=O)N1CCC(Nc2cc(C(=O)NC[C@H](O)CN3CCc4ncn(C)c4C3)ncn2)CC1. The summed E-state index contributed by atoms with van der Waals surface area (Å²) in [7, 11) is 1.98. The molecule has 1 fully saturated rings. The molecule has 4 rings (SSSR count). The number of hydrogen-bond acceptors (Lipinski definition) is 8. The van der Waals surface area contributed by atoms with Gasteiger partial charge in [-0.2, -0.15) is 0 Å². The van der Waals surface area contributed by atoms with Gasteiger partial charge >= 0.3 is 0 Å². The smallest absolute Gasteiger partial charge is 0.270 e. The van der Waals surface area contributed by atoms with Crippen LogP contribution in [0, 0.1) is 0 Å². The summed E-state index contributed by atoms with van der Waals surface area (Å²) in [4.78, 5) is 40.7. The van der Waals surface area contributed by atoms with Gasteiger partial charge < -0.3 is 25.2 Å². The first kappa shape index (κ1) is 23.1. The zero-order valence-corrected chi connectivity index (χ0v) is 19.2. The number of aliphatic hydroxyl groups excluding tert-OH is 1. The van der Waals surface area contributed by atoms with Crippen molar-refractivity contribution in [2.24, 2.45) is 7.05 Å². The number of aryl methyl sites for hydroxylation is 1. The number of carbonyl (C=O) groups excluding carboxylic acids is 2. The Kier molecular flexibility index (Phi) is 7.19. The number of hydrogen-bond donors (Lipinski definition) is 3. The summed E-state index contributed by atoms with van der Waals surface area (Å²) in [6, 6.07) is 1.81. The minimum absolute atomic E-state index is 0.0960. The summed E-state index contributed by atoms with van der Waals surface area (Å²) in [6.07, 6.45) is 5.01. The summed E-state index contributed by atoms with van der Waals surface area (Å²) < 4.78 is 2.02. The summed E-state index contributed by atoms with van der Waals surface area (Å²) in [5, 5.41) is 16.5. The third-order valence-corrected chi connectivity index (χ3v) is 6.34. The van der Waals surface area contributed by atoms with Gasteiger partial charge in [0.1, 0.15) is 17.8 Å². The number of piperidine rings is 1. The van der Waals surface area contributed by atoms with Crippen molar-refractivity contribution < 1.29 is 14.7 Å². The lowest BCUT2D eigenvalue weighted by Gasteiger charge is -2.31. The van der Waals surface area contributed by atoms with Crippen LogP contribution in [0.2, 0.25) is 0 Å². The Balaban J connectivity index is 1.23. The van der Waals surface area contributed by atoms with Gasteiger partial charge in [0.15, 0.2) is 0 Å². The number of rotatable bonds is 7. The maximum Gasteiger partial charge on any atom is 0.270 e. The molecule has 2 amide bonds. The molecule has 33 heavy (non-hydrogen) atoms. The molecule has 2 aliphatic heterocycles. The maximum absolute atomic E-state index is 12.6. The predicted molar refractivity (Wildman–Crippen MR) is 121 cm³/mol. The first-order valence-electron chi connectivity index (χ1n) is 11.4. The van der Waals surface area contributed by atoms with Gasteiger partial charge in [-0.3, -0.25) is 14.5 Å². The van der Waals surface area contributed by atoms with Gasteiger partial charge in [0.25, 0.3) is 5.91 Å². The van der Waals surface area contributed by atoms with Crippen molar-refractivity contribution in [2.75, 3.05) is 38.0 Å². The van der Waals surface area contributed by atoms with E-state index in [-0.39, 0.29) is 30.1 Å². The fraction of sp³-hybridized carbons (Fsp3) is 0.591. The number of β-amino-alcohol motifs (C(OH)–C–C–N with tert-alkyl or cyclic N) is 1. The fourth-order valence-corrected chi connectivity index (χ4v) is 4.40. The Morgan fingerprint density at radius 2 is 2.00 bits per heavy atom. The number of carbonyl (C=O) groups is 2. The molecule has 2 aromatic heterocycles. The largest absolute Gasteiger partial charge is 0.390 e. The molecule has 178 valence electrons. The summed E-state index contributed by atoms with van der Waals surface area (Å²) >= 11 is 0. The second-order valence-electron chi connectivity index (χ2n) is 8.81. The number of amides is 2. The van der Waals surface area contributed by atoms with Gasteiger partial charge in [-0.1, -0.05) is 0 Å². The maximum atomic E-state index is 12.6. The Morgan fingerprint density at radius 3 is 2.76 bits per heavy atom. The predicted octanol–water partition coefficient (Wildman–Crippen LogP) is -0.218. The molecule has 11 heteroatoms. The molecule has 0 saturated carbocycles. The Hall–Kier alpha value is -3.05. The third-order valence-electron chi connectivity index (χ3n) is 6.34. The Bertz CT molecular complexity index is 986. The van der Waals surface area contributed by atoms with Crippen molar-refractivity contribution in [2.45, 2.75) is 44.9 Å². The normalized spacial score (nSPS) is 18.0. The molecule has 0 bridgehead atoms. The van der Waals surface area contributed by atoms with E-state index in [1.165, 1.54) is 12.0 Å². The standard InChI is InChI=1S/C22H32N8O3/c1-15(31)30-7-3-16(4-8-30)27-21-9-19(24-13-25-21)22(33)23-10-17(32)11-29-6-5-18-20(12-29)28(2)14-26-18/h9,13-14,16-17,32H,3-8,10-12H2,1-2H3,(H,23,33)(H,24,25,27)/t17-/m0/s1. The van der Waals surface area contributed by atoms with Crippen LogP contribution in [-0.4, -0.2) is 91.1 Å². The van der Waals surface area contributed by atoms with E-state index in [2.05, 4.69) is 30.5 Å². The van der Waals surface area contributed by atoms with Crippen molar-refractivity contribution in [1.29, 1.82) is 0 Å². The van der Waals surface area contributed by atoms with Crippen LogP contribution in [0.1, 0.15) is 41.6 Å². The highest BCUT2D eigenvalue weighted by atomic mass is 16.3. The van der Waals surface area contributed by atoms with E-state index in [1.807, 2.05) is 22.8 Å². The van der Waals surface area contributed by atoms with Crippen molar-refractivity contribution in [3.8, 4) is 0 Å². The van der Waals surface area contributed by atoms with Crippen LogP contribution in [0.5, 0.6) is 0 Å². The molecule has 2 aliphatic rings. The molecule has 0 spiro atoms. The van der Waals surface area contributed by atoms with Crippen molar-refractivity contribution >= 4 is 17.6 Å². The Labute approximate surface area is 193 Å². The molecule has 1 atom stereocenters. The number of likely N-dealkylation sites (tertiary alicyclic amines) is 1. The monoisotopic (exact) mass is 456 g/mol. The zero-order valence-electron chi connectivity index (χ0n) is 19.2. The summed E-state index contributed by atoms with van der Waals surface area (Å²) in [5.74, 6) is 0.328. The minimum Gasteiger partial charge on any atom is -0.390 e. The number of nitrogens with zero attached hydrogens (tertiary/aromatic N) is 6. The average molecular weight is 457 g/mol. The second-order valence-corrected chi connectivity index (χ2v) is 8.81. The summed E-state index contributed by atoms with van der Waals surface area (Å²) in [6.45, 7) is 5.20. The third kappa shape index (κ3) is 5.85. The molecule has 1 saturated heterocycles. The topological polar surface area (TPSA) is 129 Å². The molecule has 0 radical (unpaired) electrons. The highest BCUT2D eigenvalue weighted by Crippen LogP contribution is 2.17. The molecular weight excluding hydrogens is 424 g/mol. The van der Waals surface area contributed by atoms with Gasteiger partial charge in [0.2, 0.25) is 5.91 Å². The van der Waals surface area contributed by atoms with Crippen LogP contribution in [0.3, 0.4) is 0 Å². The highest BCUT2D eigenvalue weighted by molar-refractivity contribution is 5.92. The molecule has 11 nitrogen and oxygen atoms in total. The number of aliphatic hydroxyl groups is 1. The highest BCUT2D eigenvalue weighted by Gasteiger charge is 2.23. The Morgan fingerprint density at radius 1 is 1.21 bits per heavy atom. The molecule has 0 aliphatic carbocycles. The van der Waals surface area contributed by atoms with E-state index in [0.29, 0.717) is 25.5 Å². The molecule has 2 aromatic rings. The number of imidazole rings is 1. The van der Waals surface area contributed by atoms with Crippen LogP contribution in [0.15, 0.2) is 18.7 Å². The van der Waals surface area contributed by atoms with Crippen molar-refractivity contribution in [3.63, 3.8) is 0 Å². The van der Waals surface area contributed by atoms with E-state index in [4.69, 9.17) is 0 Å². The van der Waals surface area contributed by atoms with Gasteiger partial charge in [0, 0.05) is 71.8 Å². The first-order chi connectivity index (χ1) is 15.9. The lowest BCUT2D eigenvalue weighted by molar-refractivity contribution is -0.129. The van der Waals surface area contributed by atoms with Crippen LogP contribution in [-0.2, 0) is 24.8 Å². The van der Waals surface area contributed by atoms with Gasteiger partial charge in [-0.25, -0.2) is 15.0 Å². The fourth-order valence-electron chi connectivity index (χ4n) is 4.40. The van der Waals surface area contributed by atoms with Gasteiger partial charge in [-0.05, 0) is 12.8 Å². The lowest BCUT2D eigenvalue weighted by Crippen LogP contribution is -2.42. The zero-order chi connectivity index (χ0) is 23.4. The molecule has 0 aromatic carbocycles. The van der Waals surface area contributed by atoms with Gasteiger partial charge in [0.05, 0.1) is 23.8 Å². The number of anilines is 1. The number of aromatic nitrogens is 4. The van der Waals surface area contributed by atoms with Crippen LogP contribution in [0.25, 0.3) is 0 Å². The average Bonchev–Trinajstić information content (AvgIpc) is 3.18. The van der Waals surface area contributed by atoms with E-state index in [1.54, 1.807) is 13.0 Å². The second kappa shape index (κ2) is 10.3. The summed E-state index contributed by atoms with van der Waals surface area (Å²) in [5.41, 5.74) is 2.54. The molecule has 4 heterocycles. The molecule has 0 unspecified atom stereocenters.